The summed E-state index contributed by atoms with van der Waals surface area (Å²) in [5.74, 6) is -0.577. The van der Waals surface area contributed by atoms with Gasteiger partial charge >= 0.3 is 11.9 Å². The molecule has 4 aliphatic rings. The van der Waals surface area contributed by atoms with Gasteiger partial charge in [0.1, 0.15) is 0 Å². The van der Waals surface area contributed by atoms with Crippen LogP contribution in [0.15, 0.2) is 24.3 Å². The Morgan fingerprint density at radius 2 is 1.07 bits per heavy atom. The van der Waals surface area contributed by atoms with E-state index in [2.05, 4.69) is 27.0 Å². The minimum Gasteiger partial charge on any atom is -0.462 e. The Bertz CT molecular complexity index is 631. The summed E-state index contributed by atoms with van der Waals surface area (Å²) in [5, 5.41) is 0. The van der Waals surface area contributed by atoms with Crippen molar-refractivity contribution in [2.75, 3.05) is 13.2 Å². The van der Waals surface area contributed by atoms with Crippen LogP contribution in [0.5, 0.6) is 0 Å². The molecule has 0 saturated heterocycles. The summed E-state index contributed by atoms with van der Waals surface area (Å²) in [6.07, 6.45) is 9.14. The van der Waals surface area contributed by atoms with Crippen LogP contribution < -0.4 is 0 Å². The van der Waals surface area contributed by atoms with Gasteiger partial charge in [-0.3, -0.25) is 0 Å². The van der Waals surface area contributed by atoms with E-state index < -0.39 is 0 Å². The predicted molar refractivity (Wildman–Crippen MR) is 110 cm³/mol. The first kappa shape index (κ1) is 21.1. The molecule has 4 saturated carbocycles. The zero-order valence-corrected chi connectivity index (χ0v) is 18.1. The highest BCUT2D eigenvalue weighted by Gasteiger charge is 2.64. The lowest BCUT2D eigenvalue weighted by atomic mass is 9.35. The van der Waals surface area contributed by atoms with Crippen molar-refractivity contribution >= 4 is 11.9 Å². The van der Waals surface area contributed by atoms with Crippen molar-refractivity contribution in [2.24, 2.45) is 21.7 Å². The summed E-state index contributed by atoms with van der Waals surface area (Å²) in [6, 6.07) is 0. The van der Waals surface area contributed by atoms with Crippen molar-refractivity contribution < 1.29 is 19.1 Å². The Balaban J connectivity index is 1.71. The monoisotopic (exact) mass is 388 g/mol. The average molecular weight is 389 g/mol. The van der Waals surface area contributed by atoms with E-state index in [-0.39, 0.29) is 22.8 Å². The van der Waals surface area contributed by atoms with E-state index in [1.807, 2.05) is 0 Å². The summed E-state index contributed by atoms with van der Waals surface area (Å²) in [7, 11) is 0. The van der Waals surface area contributed by atoms with Gasteiger partial charge in [-0.1, -0.05) is 27.0 Å². The molecule has 0 spiro atoms. The van der Waals surface area contributed by atoms with Crippen LogP contribution in [0.4, 0.5) is 0 Å². The molecule has 0 aliphatic heterocycles. The smallest absolute Gasteiger partial charge is 0.333 e. The van der Waals surface area contributed by atoms with Crippen molar-refractivity contribution in [3.8, 4) is 0 Å². The lowest BCUT2D eigenvalue weighted by Crippen LogP contribution is -2.60. The van der Waals surface area contributed by atoms with Crippen LogP contribution in [-0.4, -0.2) is 25.2 Å². The summed E-state index contributed by atoms with van der Waals surface area (Å²) in [6.45, 7) is 16.5. The zero-order valence-electron chi connectivity index (χ0n) is 18.1. The molecule has 0 amide bonds. The van der Waals surface area contributed by atoms with Crippen LogP contribution in [0.1, 0.15) is 79.1 Å². The van der Waals surface area contributed by atoms with Crippen LogP contribution in [0.25, 0.3) is 0 Å². The fourth-order valence-electron chi connectivity index (χ4n) is 7.69. The number of carbonyl (C=O) groups excluding carboxylic acids is 2. The van der Waals surface area contributed by atoms with E-state index >= 15 is 0 Å². The number of carbonyl (C=O) groups is 2. The molecular weight excluding hydrogens is 352 g/mol. The first-order valence-electron chi connectivity index (χ1n) is 10.6. The third-order valence-electron chi connectivity index (χ3n) is 7.24. The molecule has 0 aromatic heterocycles. The molecule has 0 unspecified atom stereocenters. The first-order valence-corrected chi connectivity index (χ1v) is 10.6. The second-order valence-corrected chi connectivity index (χ2v) is 11.0. The first-order chi connectivity index (χ1) is 12.9. The molecule has 0 aromatic rings. The third-order valence-corrected chi connectivity index (χ3v) is 7.24. The van der Waals surface area contributed by atoms with Crippen LogP contribution in [-0.2, 0) is 19.1 Å². The molecule has 4 heteroatoms. The molecule has 0 N–H and O–H groups in total. The number of rotatable bonds is 8. The predicted octanol–water partition coefficient (Wildman–Crippen LogP) is 5.37. The van der Waals surface area contributed by atoms with E-state index in [4.69, 9.17) is 9.47 Å². The summed E-state index contributed by atoms with van der Waals surface area (Å²) < 4.78 is 10.9. The minimum atomic E-state index is -0.288. The molecule has 0 aromatic carbocycles. The van der Waals surface area contributed by atoms with Gasteiger partial charge in [-0.2, -0.15) is 0 Å². The number of esters is 2. The molecular formula is C24H36O4. The molecule has 156 valence electrons. The average Bonchev–Trinajstić information content (AvgIpc) is 2.50. The van der Waals surface area contributed by atoms with E-state index in [9.17, 15) is 9.59 Å². The molecule has 0 atom stereocenters. The summed E-state index contributed by atoms with van der Waals surface area (Å²) in [4.78, 5) is 23.6. The van der Waals surface area contributed by atoms with Gasteiger partial charge in [0, 0.05) is 11.1 Å². The van der Waals surface area contributed by atoms with E-state index in [0.29, 0.717) is 35.2 Å². The Morgan fingerprint density at radius 1 is 0.714 bits per heavy atom. The fourth-order valence-corrected chi connectivity index (χ4v) is 7.69. The normalized spacial score (nSPS) is 38.1. The largest absolute Gasteiger partial charge is 0.462 e. The van der Waals surface area contributed by atoms with Crippen LogP contribution in [0, 0.1) is 21.7 Å². The number of hydrogen-bond donors (Lipinski definition) is 0. The Labute approximate surface area is 169 Å². The molecule has 4 fully saturated rings. The molecule has 4 nitrogen and oxygen atoms in total. The maximum Gasteiger partial charge on any atom is 0.333 e. The molecule has 4 aliphatic carbocycles. The summed E-state index contributed by atoms with van der Waals surface area (Å²) in [5.41, 5.74) is 2.04. The topological polar surface area (TPSA) is 52.6 Å². The van der Waals surface area contributed by atoms with Crippen LogP contribution in [0.3, 0.4) is 0 Å². The van der Waals surface area contributed by atoms with E-state index in [0.717, 1.165) is 19.3 Å². The highest BCUT2D eigenvalue weighted by Crippen LogP contribution is 2.75. The van der Waals surface area contributed by atoms with Crippen molar-refractivity contribution in [3.05, 3.63) is 24.3 Å². The van der Waals surface area contributed by atoms with Gasteiger partial charge in [-0.05, 0) is 86.9 Å². The molecule has 0 radical (unpaired) electrons. The van der Waals surface area contributed by atoms with Crippen molar-refractivity contribution in [3.63, 3.8) is 0 Å². The van der Waals surface area contributed by atoms with E-state index in [1.54, 1.807) is 13.8 Å². The second kappa shape index (κ2) is 7.03. The SMILES string of the molecule is C=C(C)C(=O)OCCC12CC3(C)CC(C)(C1)CC(CCOC(=O)C(=C)C)(C3)C2. The van der Waals surface area contributed by atoms with Gasteiger partial charge < -0.3 is 9.47 Å². The highest BCUT2D eigenvalue weighted by molar-refractivity contribution is 5.87. The highest BCUT2D eigenvalue weighted by atomic mass is 16.5. The van der Waals surface area contributed by atoms with Crippen molar-refractivity contribution in [1.82, 2.24) is 0 Å². The number of hydrogen-bond acceptors (Lipinski definition) is 4. The lowest BCUT2D eigenvalue weighted by Gasteiger charge is -2.70. The van der Waals surface area contributed by atoms with Crippen molar-refractivity contribution in [2.45, 2.75) is 79.1 Å². The molecule has 4 bridgehead atoms. The van der Waals surface area contributed by atoms with Gasteiger partial charge in [0.15, 0.2) is 0 Å². The lowest BCUT2D eigenvalue weighted by molar-refractivity contribution is -0.200. The zero-order chi connectivity index (χ0) is 20.8. The number of ether oxygens (including phenoxy) is 2. The maximum absolute atomic E-state index is 11.8. The fraction of sp³-hybridized carbons (Fsp3) is 0.750. The van der Waals surface area contributed by atoms with E-state index in [1.165, 1.54) is 32.1 Å². The Morgan fingerprint density at radius 3 is 1.39 bits per heavy atom. The molecule has 4 rings (SSSR count). The molecule has 0 heterocycles. The standard InChI is InChI=1S/C24H36O4/c1-17(2)19(25)27-9-7-23-12-21(5)11-22(6,13-23)15-24(14-21,16-23)8-10-28-20(26)18(3)4/h1,3,7-16H2,2,4-6H3. The minimum absolute atomic E-state index is 0.228. The third kappa shape index (κ3) is 4.21. The Kier molecular flexibility index (Phi) is 5.31. The Hall–Kier alpha value is -1.58. The van der Waals surface area contributed by atoms with Gasteiger partial charge in [0.25, 0.3) is 0 Å². The van der Waals surface area contributed by atoms with Crippen LogP contribution >= 0.6 is 0 Å². The summed E-state index contributed by atoms with van der Waals surface area (Å²) >= 11 is 0. The van der Waals surface area contributed by atoms with Gasteiger partial charge in [-0.25, -0.2) is 9.59 Å². The molecule has 28 heavy (non-hydrogen) atoms. The second-order valence-electron chi connectivity index (χ2n) is 11.0. The maximum atomic E-state index is 11.8. The van der Waals surface area contributed by atoms with Gasteiger partial charge in [-0.15, -0.1) is 0 Å². The van der Waals surface area contributed by atoms with Gasteiger partial charge in [0.2, 0.25) is 0 Å². The van der Waals surface area contributed by atoms with Crippen molar-refractivity contribution in [1.29, 1.82) is 0 Å². The van der Waals surface area contributed by atoms with Crippen LogP contribution in [0.2, 0.25) is 0 Å². The quantitative estimate of drug-likeness (QED) is 0.414. The van der Waals surface area contributed by atoms with Gasteiger partial charge in [0.05, 0.1) is 13.2 Å².